The fourth-order valence-corrected chi connectivity index (χ4v) is 1.99. The van der Waals surface area contributed by atoms with Gasteiger partial charge in [0.1, 0.15) is 6.10 Å². The Morgan fingerprint density at radius 3 is 2.73 bits per heavy atom. The van der Waals surface area contributed by atoms with Crippen LogP contribution in [0, 0.1) is 0 Å². The lowest BCUT2D eigenvalue weighted by Crippen LogP contribution is -2.39. The first kappa shape index (κ1) is 18.5. The van der Waals surface area contributed by atoms with E-state index in [1.54, 1.807) is 37.3 Å². The lowest BCUT2D eigenvalue weighted by atomic mass is 10.2. The van der Waals surface area contributed by atoms with Crippen LogP contribution in [0.1, 0.15) is 12.8 Å². The highest BCUT2D eigenvalue weighted by Gasteiger charge is 2.16. The predicted octanol–water partition coefficient (Wildman–Crippen LogP) is 2.47. The van der Waals surface area contributed by atoms with Crippen molar-refractivity contribution in [1.29, 1.82) is 0 Å². The van der Waals surface area contributed by atoms with Crippen LogP contribution in [0.25, 0.3) is 0 Å². The molecule has 5 nitrogen and oxygen atoms in total. The third kappa shape index (κ3) is 6.91. The molecule has 0 bridgehead atoms. The van der Waals surface area contributed by atoms with Crippen molar-refractivity contribution in [1.82, 2.24) is 14.8 Å². The largest absolute Gasteiger partial charge is 0.473 e. The summed E-state index contributed by atoms with van der Waals surface area (Å²) in [4.78, 5) is 19.4. The monoisotopic (exact) mass is 325 g/mol. The second kappa shape index (κ2) is 9.43. The number of carbonyl (C=O) groups is 1. The molecule has 0 aliphatic rings. The van der Waals surface area contributed by atoms with E-state index in [1.807, 2.05) is 18.0 Å². The van der Waals surface area contributed by atoms with Crippen LogP contribution in [0.15, 0.2) is 31.0 Å². The zero-order valence-corrected chi connectivity index (χ0v) is 14.2. The Balaban J connectivity index is 2.61. The molecule has 1 amide bonds. The van der Waals surface area contributed by atoms with E-state index in [2.05, 4.69) is 11.6 Å². The molecule has 1 rings (SSSR count). The lowest BCUT2D eigenvalue weighted by Gasteiger charge is -2.25. The average Bonchev–Trinajstić information content (AvgIpc) is 2.46. The summed E-state index contributed by atoms with van der Waals surface area (Å²) in [5, 5.41) is 0.573. The smallest absolute Gasteiger partial charge is 0.236 e. The second-order valence-electron chi connectivity index (χ2n) is 5.41. The van der Waals surface area contributed by atoms with E-state index in [1.165, 1.54) is 0 Å². The molecule has 122 valence electrons. The Kier molecular flexibility index (Phi) is 7.91. The van der Waals surface area contributed by atoms with Gasteiger partial charge in [0.15, 0.2) is 0 Å². The third-order valence-electron chi connectivity index (χ3n) is 3.10. The Bertz CT molecular complexity index is 477. The Morgan fingerprint density at radius 2 is 2.18 bits per heavy atom. The normalized spacial score (nSPS) is 12.0. The van der Waals surface area contributed by atoms with Gasteiger partial charge in [-0.1, -0.05) is 17.7 Å². The Labute approximate surface area is 137 Å². The molecule has 6 heteroatoms. The topological polar surface area (TPSA) is 45.7 Å². The number of allylic oxidation sites excluding steroid dienone is 1. The molecule has 1 aromatic rings. The number of aromatic nitrogens is 1. The summed E-state index contributed by atoms with van der Waals surface area (Å²) in [6, 6.07) is 3.49. The van der Waals surface area contributed by atoms with Gasteiger partial charge in [0.2, 0.25) is 11.8 Å². The van der Waals surface area contributed by atoms with Crippen LogP contribution in [0.5, 0.6) is 5.88 Å². The molecule has 0 fully saturated rings. The quantitative estimate of drug-likeness (QED) is 0.654. The van der Waals surface area contributed by atoms with Gasteiger partial charge in [-0.05, 0) is 26.0 Å². The van der Waals surface area contributed by atoms with Gasteiger partial charge in [0, 0.05) is 32.9 Å². The standard InChI is InChI=1S/C16H24ClN3O2/c1-5-6-7-14(11-20(4)12-16(21)19(2)3)22-15-9-8-13(17)10-18-15/h5,8-10,14H,1,6-7,11-12H2,2-4H3. The summed E-state index contributed by atoms with van der Waals surface area (Å²) in [6.07, 6.45) is 5.01. The van der Waals surface area contributed by atoms with E-state index in [9.17, 15) is 4.79 Å². The number of likely N-dealkylation sites (N-methyl/N-ethyl adjacent to an activating group) is 2. The first-order valence-corrected chi connectivity index (χ1v) is 7.58. The van der Waals surface area contributed by atoms with Crippen LogP contribution >= 0.6 is 11.6 Å². The molecule has 0 radical (unpaired) electrons. The minimum atomic E-state index is -0.0633. The highest BCUT2D eigenvalue weighted by molar-refractivity contribution is 6.30. The van der Waals surface area contributed by atoms with Crippen LogP contribution in [0.2, 0.25) is 5.02 Å². The molecule has 0 saturated heterocycles. The molecule has 1 aromatic heterocycles. The number of pyridine rings is 1. The number of hydrogen-bond acceptors (Lipinski definition) is 4. The second-order valence-corrected chi connectivity index (χ2v) is 5.84. The van der Waals surface area contributed by atoms with Crippen molar-refractivity contribution in [2.24, 2.45) is 0 Å². The van der Waals surface area contributed by atoms with Crippen molar-refractivity contribution in [3.05, 3.63) is 36.0 Å². The maximum atomic E-state index is 11.7. The van der Waals surface area contributed by atoms with Crippen molar-refractivity contribution in [3.63, 3.8) is 0 Å². The number of nitrogens with zero attached hydrogens (tertiary/aromatic N) is 3. The summed E-state index contributed by atoms with van der Waals surface area (Å²) in [6.45, 7) is 4.73. The fraction of sp³-hybridized carbons (Fsp3) is 0.500. The Morgan fingerprint density at radius 1 is 1.45 bits per heavy atom. The molecule has 0 spiro atoms. The molecule has 0 N–H and O–H groups in total. The molecule has 0 aromatic carbocycles. The van der Waals surface area contributed by atoms with Gasteiger partial charge in [0.05, 0.1) is 11.6 Å². The van der Waals surface area contributed by atoms with Crippen molar-refractivity contribution < 1.29 is 9.53 Å². The van der Waals surface area contributed by atoms with E-state index >= 15 is 0 Å². The minimum Gasteiger partial charge on any atom is -0.473 e. The van der Waals surface area contributed by atoms with Crippen LogP contribution in [0.4, 0.5) is 0 Å². The summed E-state index contributed by atoms with van der Waals surface area (Å²) in [5.41, 5.74) is 0. The van der Waals surface area contributed by atoms with Crippen LogP contribution in [0.3, 0.4) is 0 Å². The first-order chi connectivity index (χ1) is 10.4. The zero-order valence-electron chi connectivity index (χ0n) is 13.5. The fourth-order valence-electron chi connectivity index (χ4n) is 1.88. The number of carbonyl (C=O) groups excluding carboxylic acids is 1. The molecule has 1 atom stereocenters. The van der Waals surface area contributed by atoms with Crippen LogP contribution in [-0.4, -0.2) is 61.0 Å². The van der Waals surface area contributed by atoms with Crippen molar-refractivity contribution in [2.45, 2.75) is 18.9 Å². The average molecular weight is 326 g/mol. The van der Waals surface area contributed by atoms with E-state index in [0.29, 0.717) is 24.0 Å². The highest BCUT2D eigenvalue weighted by Crippen LogP contribution is 2.15. The van der Waals surface area contributed by atoms with Crippen molar-refractivity contribution in [2.75, 3.05) is 34.2 Å². The summed E-state index contributed by atoms with van der Waals surface area (Å²) < 4.78 is 5.90. The Hall–Kier alpha value is -1.59. The van der Waals surface area contributed by atoms with Crippen LogP contribution in [-0.2, 0) is 4.79 Å². The molecule has 0 aliphatic carbocycles. The third-order valence-corrected chi connectivity index (χ3v) is 3.32. The SMILES string of the molecule is C=CCCC(CN(C)CC(=O)N(C)C)Oc1ccc(Cl)cn1. The van der Waals surface area contributed by atoms with Gasteiger partial charge < -0.3 is 9.64 Å². The van der Waals surface area contributed by atoms with Gasteiger partial charge in [-0.25, -0.2) is 4.98 Å². The van der Waals surface area contributed by atoms with Gasteiger partial charge in [0.25, 0.3) is 0 Å². The molecule has 1 unspecified atom stereocenters. The summed E-state index contributed by atoms with van der Waals surface area (Å²) in [5.74, 6) is 0.598. The van der Waals surface area contributed by atoms with Gasteiger partial charge in [-0.3, -0.25) is 9.69 Å². The molecular formula is C16H24ClN3O2. The van der Waals surface area contributed by atoms with Crippen molar-refractivity contribution >= 4 is 17.5 Å². The van der Waals surface area contributed by atoms with E-state index in [0.717, 1.165) is 12.8 Å². The number of amides is 1. The molecule has 1 heterocycles. The predicted molar refractivity (Wildman–Crippen MR) is 89.3 cm³/mol. The highest BCUT2D eigenvalue weighted by atomic mass is 35.5. The minimum absolute atomic E-state index is 0.0633. The summed E-state index contributed by atoms with van der Waals surface area (Å²) >= 11 is 5.82. The number of ether oxygens (including phenoxy) is 1. The lowest BCUT2D eigenvalue weighted by molar-refractivity contribution is -0.129. The number of hydrogen-bond donors (Lipinski definition) is 0. The molecule has 0 aliphatic heterocycles. The maximum absolute atomic E-state index is 11.7. The van der Waals surface area contributed by atoms with Gasteiger partial charge in [-0.2, -0.15) is 0 Å². The van der Waals surface area contributed by atoms with Crippen LogP contribution < -0.4 is 4.74 Å². The van der Waals surface area contributed by atoms with Crippen molar-refractivity contribution in [3.8, 4) is 5.88 Å². The van der Waals surface area contributed by atoms with E-state index in [4.69, 9.17) is 16.3 Å². The molecule has 22 heavy (non-hydrogen) atoms. The maximum Gasteiger partial charge on any atom is 0.236 e. The number of rotatable bonds is 9. The first-order valence-electron chi connectivity index (χ1n) is 7.20. The van der Waals surface area contributed by atoms with Gasteiger partial charge >= 0.3 is 0 Å². The zero-order chi connectivity index (χ0) is 16.5. The van der Waals surface area contributed by atoms with E-state index in [-0.39, 0.29) is 12.0 Å². The summed E-state index contributed by atoms with van der Waals surface area (Å²) in [7, 11) is 5.40. The van der Waals surface area contributed by atoms with E-state index < -0.39 is 0 Å². The van der Waals surface area contributed by atoms with Gasteiger partial charge in [-0.15, -0.1) is 6.58 Å². The number of halogens is 1. The molecule has 0 saturated carbocycles. The molecular weight excluding hydrogens is 302 g/mol.